The molecule has 0 unspecified atom stereocenters. The number of hydrogen-bond acceptors (Lipinski definition) is 4. The average Bonchev–Trinajstić information content (AvgIpc) is 3.05. The zero-order chi connectivity index (χ0) is 18.4. The Morgan fingerprint density at radius 2 is 1.81 bits per heavy atom. The lowest BCUT2D eigenvalue weighted by atomic mass is 10.2. The van der Waals surface area contributed by atoms with Gasteiger partial charge in [-0.25, -0.2) is 0 Å². The van der Waals surface area contributed by atoms with Gasteiger partial charge in [0.15, 0.2) is 0 Å². The predicted octanol–water partition coefficient (Wildman–Crippen LogP) is 3.24. The van der Waals surface area contributed by atoms with Gasteiger partial charge in [-0.15, -0.1) is 0 Å². The molecule has 1 fully saturated rings. The molecule has 1 aliphatic rings. The molecule has 0 amide bonds. The van der Waals surface area contributed by atoms with Gasteiger partial charge >= 0.3 is 0 Å². The van der Waals surface area contributed by atoms with Gasteiger partial charge in [0.1, 0.15) is 0 Å². The Balaban J connectivity index is 0.000000613. The van der Waals surface area contributed by atoms with Crippen molar-refractivity contribution in [2.75, 3.05) is 31.1 Å². The van der Waals surface area contributed by atoms with E-state index in [1.54, 1.807) is 0 Å². The number of carboxylic acid groups (broad SMARTS) is 1. The summed E-state index contributed by atoms with van der Waals surface area (Å²) in [4.78, 5) is 20.8. The van der Waals surface area contributed by atoms with Crippen LogP contribution in [0.3, 0.4) is 0 Å². The molecule has 4 rings (SSSR count). The smallest absolute Gasteiger partial charge is 0.290 e. The Hall–Kier alpha value is -2.57. The number of carbonyl (C=O) groups is 1. The minimum absolute atomic E-state index is 0.250. The van der Waals surface area contributed by atoms with Crippen molar-refractivity contribution in [3.8, 4) is 0 Å². The maximum atomic E-state index is 8.36. The Morgan fingerprint density at radius 3 is 2.50 bits per heavy atom. The summed E-state index contributed by atoms with van der Waals surface area (Å²) in [6.45, 7) is 4.94. The van der Waals surface area contributed by atoms with Crippen LogP contribution < -0.4 is 4.90 Å². The highest BCUT2D eigenvalue weighted by Crippen LogP contribution is 2.21. The monoisotopic (exact) mass is 372 g/mol. The maximum Gasteiger partial charge on any atom is 0.290 e. The highest BCUT2D eigenvalue weighted by atomic mass is 35.5. The molecule has 3 aromatic rings. The second-order valence-corrected chi connectivity index (χ2v) is 6.54. The number of nitrogens with zero attached hydrogens (tertiary/aromatic N) is 3. The minimum atomic E-state index is -0.250. The number of rotatable bonds is 3. The lowest BCUT2D eigenvalue weighted by molar-refractivity contribution is -0.122. The number of nitrogens with one attached hydrogen (secondary N) is 1. The number of pyridine rings is 1. The third-order valence-corrected chi connectivity index (χ3v) is 4.67. The summed E-state index contributed by atoms with van der Waals surface area (Å²) in [7, 11) is 0. The molecule has 6 nitrogen and oxygen atoms in total. The van der Waals surface area contributed by atoms with Crippen molar-refractivity contribution in [2.24, 2.45) is 0 Å². The van der Waals surface area contributed by atoms with Crippen molar-refractivity contribution >= 4 is 34.7 Å². The first-order chi connectivity index (χ1) is 12.7. The molecule has 1 saturated heterocycles. The third-order valence-electron chi connectivity index (χ3n) is 4.43. The molecule has 0 saturated carbocycles. The molecule has 136 valence electrons. The maximum absolute atomic E-state index is 8.36. The van der Waals surface area contributed by atoms with Crippen LogP contribution >= 0.6 is 11.6 Å². The fourth-order valence-corrected chi connectivity index (χ4v) is 3.39. The normalized spacial score (nSPS) is 14.7. The molecular weight excluding hydrogens is 352 g/mol. The molecule has 0 aliphatic carbocycles. The number of hydrogen-bond donors (Lipinski definition) is 2. The van der Waals surface area contributed by atoms with Gasteiger partial charge in [-0.05, 0) is 36.4 Å². The molecule has 2 aromatic heterocycles. The van der Waals surface area contributed by atoms with Crippen LogP contribution in [0.25, 0.3) is 10.9 Å². The van der Waals surface area contributed by atoms with Gasteiger partial charge in [0.2, 0.25) is 0 Å². The van der Waals surface area contributed by atoms with E-state index in [1.807, 2.05) is 30.6 Å². The fraction of sp³-hybridized carbons (Fsp3) is 0.263. The van der Waals surface area contributed by atoms with Crippen molar-refractivity contribution in [3.63, 3.8) is 0 Å². The van der Waals surface area contributed by atoms with Gasteiger partial charge in [0.05, 0.1) is 0 Å². The fourth-order valence-electron chi connectivity index (χ4n) is 3.21. The van der Waals surface area contributed by atoms with Crippen LogP contribution in [0.2, 0.25) is 5.02 Å². The van der Waals surface area contributed by atoms with Crippen LogP contribution in [0.5, 0.6) is 0 Å². The Labute approximate surface area is 157 Å². The van der Waals surface area contributed by atoms with E-state index >= 15 is 0 Å². The first kappa shape index (κ1) is 18.2. The summed E-state index contributed by atoms with van der Waals surface area (Å²) in [5.41, 5.74) is 3.67. The summed E-state index contributed by atoms with van der Waals surface area (Å²) in [5.74, 6) is 0. The number of piperazine rings is 1. The first-order valence-corrected chi connectivity index (χ1v) is 8.79. The molecule has 7 heteroatoms. The van der Waals surface area contributed by atoms with Crippen LogP contribution in [0, 0.1) is 0 Å². The minimum Gasteiger partial charge on any atom is -0.483 e. The SMILES string of the molecule is Clc1ccc2[nH]c(CN3CCN(c4ccncc4)CC3)cc2c1.O=CO. The highest BCUT2D eigenvalue weighted by Gasteiger charge is 2.17. The second kappa shape index (κ2) is 8.69. The largest absolute Gasteiger partial charge is 0.483 e. The van der Waals surface area contributed by atoms with Crippen LogP contribution in [0.15, 0.2) is 48.8 Å². The molecule has 0 bridgehead atoms. The van der Waals surface area contributed by atoms with E-state index < -0.39 is 0 Å². The van der Waals surface area contributed by atoms with E-state index in [2.05, 4.69) is 38.0 Å². The van der Waals surface area contributed by atoms with E-state index in [4.69, 9.17) is 21.5 Å². The molecule has 2 N–H and O–H groups in total. The number of fused-ring (bicyclic) bond motifs is 1. The lowest BCUT2D eigenvalue weighted by Gasteiger charge is -2.35. The average molecular weight is 373 g/mol. The standard InChI is InChI=1S/C18H19ClN4.CH2O2/c19-15-1-2-18-14(11-15)12-16(21-18)13-22-7-9-23(10-8-22)17-3-5-20-6-4-17;2-1-3/h1-6,11-12,21H,7-10,13H2;1H,(H,2,3). The highest BCUT2D eigenvalue weighted by molar-refractivity contribution is 6.31. The van der Waals surface area contributed by atoms with E-state index in [9.17, 15) is 0 Å². The van der Waals surface area contributed by atoms with Crippen molar-refractivity contribution in [1.29, 1.82) is 0 Å². The number of H-pyrrole nitrogens is 1. The predicted molar refractivity (Wildman–Crippen MR) is 104 cm³/mol. The van der Waals surface area contributed by atoms with Crippen LogP contribution in [0.1, 0.15) is 5.69 Å². The van der Waals surface area contributed by atoms with Crippen molar-refractivity contribution in [2.45, 2.75) is 6.54 Å². The zero-order valence-corrected chi connectivity index (χ0v) is 15.1. The van der Waals surface area contributed by atoms with Crippen LogP contribution in [-0.4, -0.2) is 52.6 Å². The van der Waals surface area contributed by atoms with Gasteiger partial charge < -0.3 is 15.0 Å². The molecule has 3 heterocycles. The molecule has 1 aliphatic heterocycles. The first-order valence-electron chi connectivity index (χ1n) is 8.42. The number of aromatic nitrogens is 2. The van der Waals surface area contributed by atoms with Gasteiger partial charge in [-0.1, -0.05) is 11.6 Å². The van der Waals surface area contributed by atoms with Crippen LogP contribution in [-0.2, 0) is 11.3 Å². The van der Waals surface area contributed by atoms with Crippen molar-refractivity contribution in [3.05, 3.63) is 59.5 Å². The molecule has 1 aromatic carbocycles. The van der Waals surface area contributed by atoms with E-state index in [0.29, 0.717) is 0 Å². The molecule has 0 atom stereocenters. The van der Waals surface area contributed by atoms with Gasteiger partial charge in [0, 0.05) is 72.4 Å². The van der Waals surface area contributed by atoms with Gasteiger partial charge in [-0.3, -0.25) is 14.7 Å². The molecular formula is C19H21ClN4O2. The third kappa shape index (κ3) is 4.53. The van der Waals surface area contributed by atoms with Crippen molar-refractivity contribution in [1.82, 2.24) is 14.9 Å². The topological polar surface area (TPSA) is 72.5 Å². The summed E-state index contributed by atoms with van der Waals surface area (Å²) in [5, 5.41) is 8.86. The van der Waals surface area contributed by atoms with E-state index in [-0.39, 0.29) is 6.47 Å². The van der Waals surface area contributed by atoms with Crippen LogP contribution in [0.4, 0.5) is 5.69 Å². The Morgan fingerprint density at radius 1 is 1.12 bits per heavy atom. The molecule has 0 radical (unpaired) electrons. The summed E-state index contributed by atoms with van der Waals surface area (Å²) >= 11 is 6.06. The Kier molecular flexibility index (Phi) is 6.09. The van der Waals surface area contributed by atoms with E-state index in [0.717, 1.165) is 43.3 Å². The van der Waals surface area contributed by atoms with Crippen molar-refractivity contribution < 1.29 is 9.90 Å². The lowest BCUT2D eigenvalue weighted by Crippen LogP contribution is -2.46. The molecule has 0 spiro atoms. The van der Waals surface area contributed by atoms with E-state index in [1.165, 1.54) is 16.8 Å². The summed E-state index contributed by atoms with van der Waals surface area (Å²) < 4.78 is 0. The zero-order valence-electron chi connectivity index (χ0n) is 14.3. The summed E-state index contributed by atoms with van der Waals surface area (Å²) in [6.07, 6.45) is 3.72. The number of anilines is 1. The number of benzene rings is 1. The summed E-state index contributed by atoms with van der Waals surface area (Å²) in [6, 6.07) is 12.4. The number of halogens is 1. The van der Waals surface area contributed by atoms with Gasteiger partial charge in [-0.2, -0.15) is 0 Å². The molecule has 26 heavy (non-hydrogen) atoms. The quantitative estimate of drug-likeness (QED) is 0.690. The second-order valence-electron chi connectivity index (χ2n) is 6.10. The number of aromatic amines is 1. The Bertz CT molecular complexity index is 845. The van der Waals surface area contributed by atoms with Gasteiger partial charge in [0.25, 0.3) is 6.47 Å².